The second-order valence-electron chi connectivity index (χ2n) is 12.1. The smallest absolute Gasteiger partial charge is 0.486 e. The molecule has 0 amide bonds. The van der Waals surface area contributed by atoms with Gasteiger partial charge in [0.1, 0.15) is 0 Å². The molecule has 0 saturated carbocycles. The molecule has 4 heterocycles. The van der Waals surface area contributed by atoms with Gasteiger partial charge in [0.25, 0.3) is 0 Å². The molecule has 0 spiro atoms. The van der Waals surface area contributed by atoms with Crippen molar-refractivity contribution < 1.29 is 31.8 Å². The molecule has 5 nitrogen and oxygen atoms in total. The molecule has 4 aromatic carbocycles. The van der Waals surface area contributed by atoms with Crippen LogP contribution in [0.4, 0.5) is 0 Å². The monoisotopic (exact) mass is 793 g/mol. The number of pyridine rings is 2. The largest absolute Gasteiger partial charge is 3.00 e. The Kier molecular flexibility index (Phi) is 8.44. The number of furan rings is 1. The van der Waals surface area contributed by atoms with E-state index in [9.17, 15) is 0 Å². The average Bonchev–Trinajstić information content (AvgIpc) is 3.66. The molecule has 4 aromatic heterocycles. The molecule has 0 aliphatic carbocycles. The van der Waals surface area contributed by atoms with Gasteiger partial charge in [0.15, 0.2) is 0 Å². The molecule has 8 aromatic rings. The Hall–Kier alpha value is -4.90. The number of para-hydroxylation sites is 3. The van der Waals surface area contributed by atoms with Gasteiger partial charge in [-0.2, -0.15) is 30.3 Å². The van der Waals surface area contributed by atoms with Crippen LogP contribution in [-0.4, -0.2) is 14.5 Å². The predicted molar refractivity (Wildman–Crippen MR) is 184 cm³/mol. The summed E-state index contributed by atoms with van der Waals surface area (Å²) in [5, 5.41) is 1.86. The molecular weight excluding hydrogens is 757 g/mol. The summed E-state index contributed by atoms with van der Waals surface area (Å²) in [5.41, 5.74) is 7.77. The number of aryl methyl sites for hydroxylation is 1. The van der Waals surface area contributed by atoms with Crippen LogP contribution in [0.1, 0.15) is 29.1 Å². The van der Waals surface area contributed by atoms with Crippen molar-refractivity contribution >= 4 is 33.1 Å². The van der Waals surface area contributed by atoms with Gasteiger partial charge < -0.3 is 18.5 Å². The van der Waals surface area contributed by atoms with Gasteiger partial charge in [-0.05, 0) is 35.7 Å². The normalized spacial score (nSPS) is 12.3. The molecule has 0 radical (unpaired) electrons. The van der Waals surface area contributed by atoms with Crippen LogP contribution in [0.2, 0.25) is 0 Å². The van der Waals surface area contributed by atoms with Crippen LogP contribution in [-0.2, 0) is 33.5 Å². The molecule has 0 unspecified atom stereocenters. The van der Waals surface area contributed by atoms with Crippen LogP contribution in [0.25, 0.3) is 61.3 Å². The van der Waals surface area contributed by atoms with Crippen LogP contribution >= 0.6 is 0 Å². The van der Waals surface area contributed by atoms with E-state index in [0.29, 0.717) is 28.1 Å². The van der Waals surface area contributed by atoms with Gasteiger partial charge in [-0.25, -0.2) is 4.98 Å². The third-order valence-electron chi connectivity index (χ3n) is 7.57. The Morgan fingerprint density at radius 2 is 1.62 bits per heavy atom. The third kappa shape index (κ3) is 6.80. The Morgan fingerprint density at radius 1 is 0.830 bits per heavy atom. The summed E-state index contributed by atoms with van der Waals surface area (Å²) in [6, 6.07) is 44.0. The molecule has 6 heteroatoms. The van der Waals surface area contributed by atoms with Crippen LogP contribution in [0.15, 0.2) is 126 Å². The van der Waals surface area contributed by atoms with E-state index in [1.807, 2.05) is 128 Å². The maximum Gasteiger partial charge on any atom is 3.00 e. The van der Waals surface area contributed by atoms with Crippen molar-refractivity contribution in [3.05, 3.63) is 145 Å². The summed E-state index contributed by atoms with van der Waals surface area (Å²) in [6.45, 7) is 5.69. The van der Waals surface area contributed by atoms with E-state index in [2.05, 4.69) is 35.6 Å². The van der Waals surface area contributed by atoms with Gasteiger partial charge in [-0.15, -0.1) is 18.2 Å². The van der Waals surface area contributed by atoms with Gasteiger partial charge in [0.2, 0.25) is 12.0 Å². The van der Waals surface area contributed by atoms with Gasteiger partial charge >= 0.3 is 20.1 Å². The molecule has 0 N–H and O–H groups in total. The summed E-state index contributed by atoms with van der Waals surface area (Å²) in [4.78, 5) is 9.26. The van der Waals surface area contributed by atoms with Crippen LogP contribution in [0.3, 0.4) is 0 Å². The Morgan fingerprint density at radius 3 is 2.40 bits per heavy atom. The Balaban J connectivity index is 0.000000205. The average molecular weight is 793 g/mol. The van der Waals surface area contributed by atoms with Crippen molar-refractivity contribution in [1.29, 1.82) is 0 Å². The number of rotatable bonds is 4. The number of hydrogen-bond acceptors (Lipinski definition) is 3. The molecule has 0 atom stereocenters. The van der Waals surface area contributed by atoms with Crippen LogP contribution < -0.4 is 4.57 Å². The number of imidazole rings is 1. The molecule has 0 aliphatic rings. The van der Waals surface area contributed by atoms with Crippen molar-refractivity contribution in [2.45, 2.75) is 27.1 Å². The maximum atomic E-state index is 8.63. The first-order valence-corrected chi connectivity index (χ1v) is 15.2. The zero-order valence-electron chi connectivity index (χ0n) is 28.6. The van der Waals surface area contributed by atoms with Crippen molar-refractivity contribution in [3.63, 3.8) is 0 Å². The fourth-order valence-corrected chi connectivity index (χ4v) is 5.56. The summed E-state index contributed by atoms with van der Waals surface area (Å²) in [6.07, 6.45) is 3.40. The van der Waals surface area contributed by atoms with E-state index in [-0.39, 0.29) is 20.1 Å². The minimum Gasteiger partial charge on any atom is -0.486 e. The number of nitrogens with zero attached hydrogens (tertiary/aromatic N) is 4. The minimum atomic E-state index is -1.52. The standard InChI is InChI=1S/C27H23N2O.C14H11N2.Ir/c1-27(2,3)17-18-14-15-28-24(16-18)22-11-7-10-20-21-12-13-23(19-8-5-4-6-9-19)29-26(21)30-25(20)22;1-15-11-16(12-7-3-2-4-8-12)14-10-6-5-9-13(14)15;/h4-10,12-16H,17H2,1-3H3;2-7,9-10H,1H3;/q2*-1;+3/i17D2;;. The molecule has 0 aliphatic heterocycles. The first kappa shape index (κ1) is 29.5. The second-order valence-corrected chi connectivity index (χ2v) is 12.1. The molecular formula is C41H34IrN4O+. The zero-order valence-corrected chi connectivity index (χ0v) is 29.0. The second kappa shape index (κ2) is 13.4. The fraction of sp³-hybridized carbons (Fsp3) is 0.146. The van der Waals surface area contributed by atoms with Gasteiger partial charge in [-0.3, -0.25) is 0 Å². The number of hydrogen-bond donors (Lipinski definition) is 0. The van der Waals surface area contributed by atoms with E-state index in [4.69, 9.17) is 12.1 Å². The quantitative estimate of drug-likeness (QED) is 0.132. The van der Waals surface area contributed by atoms with Gasteiger partial charge in [-0.1, -0.05) is 104 Å². The van der Waals surface area contributed by atoms with E-state index in [1.54, 1.807) is 18.3 Å². The molecule has 232 valence electrons. The Bertz CT molecular complexity index is 2380. The minimum absolute atomic E-state index is 0. The summed E-state index contributed by atoms with van der Waals surface area (Å²) < 4.78 is 27.5. The summed E-state index contributed by atoms with van der Waals surface area (Å²) >= 11 is 0. The van der Waals surface area contributed by atoms with Crippen molar-refractivity contribution in [2.75, 3.05) is 0 Å². The predicted octanol–water partition coefficient (Wildman–Crippen LogP) is 9.15. The van der Waals surface area contributed by atoms with Gasteiger partial charge in [0.05, 0.1) is 29.4 Å². The topological polar surface area (TPSA) is 47.7 Å². The van der Waals surface area contributed by atoms with E-state index in [1.165, 1.54) is 5.52 Å². The molecule has 8 rings (SSSR count). The SMILES string of the molecule is Cn1[c-][n+](-c2[c-]cccc2)c2ccccc21.[2H]C([2H])(c1ccnc(-c2[c-]ccc3c2oc2nc(-c4ccccc4)ccc23)c1)C(C)(C)C.[Ir+3]. The molecule has 0 saturated heterocycles. The number of benzene rings is 4. The van der Waals surface area contributed by atoms with Crippen molar-refractivity contribution in [3.8, 4) is 28.2 Å². The van der Waals surface area contributed by atoms with E-state index < -0.39 is 11.8 Å². The van der Waals surface area contributed by atoms with E-state index in [0.717, 1.165) is 33.2 Å². The van der Waals surface area contributed by atoms with Crippen molar-refractivity contribution in [2.24, 2.45) is 12.5 Å². The number of aromatic nitrogens is 4. The van der Waals surface area contributed by atoms with E-state index >= 15 is 0 Å². The molecule has 47 heavy (non-hydrogen) atoms. The molecule has 0 bridgehead atoms. The van der Waals surface area contributed by atoms with Crippen LogP contribution in [0, 0.1) is 23.9 Å². The summed E-state index contributed by atoms with van der Waals surface area (Å²) in [5.74, 6) is 0. The maximum absolute atomic E-state index is 8.63. The van der Waals surface area contributed by atoms with Crippen LogP contribution in [0.5, 0.6) is 0 Å². The zero-order chi connectivity index (χ0) is 33.5. The van der Waals surface area contributed by atoms with Gasteiger partial charge in [0, 0.05) is 19.9 Å². The molecule has 0 fully saturated rings. The Labute approximate surface area is 291 Å². The summed E-state index contributed by atoms with van der Waals surface area (Å²) in [7, 11) is 2.00. The fourth-order valence-electron chi connectivity index (χ4n) is 5.56. The first-order chi connectivity index (χ1) is 23.1. The third-order valence-corrected chi connectivity index (χ3v) is 7.57. The first-order valence-electron chi connectivity index (χ1n) is 16.2. The van der Waals surface area contributed by atoms with Crippen molar-refractivity contribution in [1.82, 2.24) is 14.5 Å². The number of fused-ring (bicyclic) bond motifs is 4.